The number of hydrogen-bond donors (Lipinski definition) is 1. The monoisotopic (exact) mass is 292 g/mol. The van der Waals surface area contributed by atoms with Gasteiger partial charge in [0.1, 0.15) is 0 Å². The molecule has 1 unspecified atom stereocenters. The third-order valence-electron chi connectivity index (χ3n) is 3.45. The Hall–Kier alpha value is -1.32. The van der Waals surface area contributed by atoms with E-state index in [1.165, 1.54) is 0 Å². The van der Waals surface area contributed by atoms with Crippen LogP contribution < -0.4 is 0 Å². The second kappa shape index (κ2) is 5.98. The van der Waals surface area contributed by atoms with E-state index in [4.69, 9.17) is 11.6 Å². The van der Waals surface area contributed by atoms with Crippen LogP contribution in [-0.2, 0) is 26.3 Å². The summed E-state index contributed by atoms with van der Waals surface area (Å²) in [4.78, 5) is 0. The van der Waals surface area contributed by atoms with Crippen LogP contribution in [0.15, 0.2) is 30.3 Å². The number of aryl methyl sites for hydroxylation is 2. The van der Waals surface area contributed by atoms with Gasteiger partial charge in [0.15, 0.2) is 0 Å². The van der Waals surface area contributed by atoms with Crippen molar-refractivity contribution in [3.8, 4) is 0 Å². The normalized spacial score (nSPS) is 14.2. The van der Waals surface area contributed by atoms with Gasteiger partial charge in [0, 0.05) is 30.6 Å². The van der Waals surface area contributed by atoms with Crippen LogP contribution in [0.5, 0.6) is 0 Å². The fourth-order valence-electron chi connectivity index (χ4n) is 2.40. The van der Waals surface area contributed by atoms with Crippen molar-refractivity contribution in [3.63, 3.8) is 0 Å². The lowest BCUT2D eigenvalue weighted by Crippen LogP contribution is -2.31. The first-order chi connectivity index (χ1) is 9.39. The van der Waals surface area contributed by atoms with Crippen molar-refractivity contribution in [2.75, 3.05) is 0 Å². The van der Waals surface area contributed by atoms with Crippen LogP contribution in [-0.4, -0.2) is 20.5 Å². The van der Waals surface area contributed by atoms with Crippen molar-refractivity contribution in [1.29, 1.82) is 0 Å². The molecule has 0 radical (unpaired) electrons. The van der Waals surface area contributed by atoms with E-state index in [1.807, 2.05) is 42.9 Å². The molecule has 0 fully saturated rings. The summed E-state index contributed by atoms with van der Waals surface area (Å²) in [7, 11) is 1.92. The Labute approximate surface area is 125 Å². The molecule has 0 aliphatic carbocycles. The van der Waals surface area contributed by atoms with Crippen molar-refractivity contribution in [3.05, 3.63) is 52.3 Å². The topological polar surface area (TPSA) is 38.0 Å². The molecule has 2 rings (SSSR count). The number of aliphatic hydroxyl groups is 1. The molecule has 1 heterocycles. The van der Waals surface area contributed by atoms with Gasteiger partial charge < -0.3 is 5.11 Å². The standard InChI is InChI=1S/C16H21ClN2O/c1-4-14-9-15(19(3)18-14)11-16(2,20)10-12-5-7-13(17)8-6-12/h5-9,20H,4,10-11H2,1-3H3. The van der Waals surface area contributed by atoms with Crippen LogP contribution >= 0.6 is 11.6 Å². The minimum atomic E-state index is -0.799. The zero-order valence-electron chi connectivity index (χ0n) is 12.2. The summed E-state index contributed by atoms with van der Waals surface area (Å²) in [6.45, 7) is 3.94. The van der Waals surface area contributed by atoms with Gasteiger partial charge in [-0.3, -0.25) is 4.68 Å². The first-order valence-electron chi connectivity index (χ1n) is 6.88. The van der Waals surface area contributed by atoms with E-state index in [2.05, 4.69) is 18.1 Å². The molecule has 0 amide bonds. The molecule has 4 heteroatoms. The van der Waals surface area contributed by atoms with Gasteiger partial charge in [-0.2, -0.15) is 5.10 Å². The van der Waals surface area contributed by atoms with Crippen molar-refractivity contribution in [2.24, 2.45) is 7.05 Å². The molecule has 0 bridgehead atoms. The van der Waals surface area contributed by atoms with E-state index in [-0.39, 0.29) is 0 Å². The molecule has 2 aromatic rings. The van der Waals surface area contributed by atoms with Crippen LogP contribution in [0.25, 0.3) is 0 Å². The molecule has 0 aliphatic rings. The second-order valence-electron chi connectivity index (χ2n) is 5.58. The van der Waals surface area contributed by atoms with E-state index >= 15 is 0 Å². The smallest absolute Gasteiger partial charge is 0.0715 e. The third kappa shape index (κ3) is 3.84. The predicted octanol–water partition coefficient (Wildman–Crippen LogP) is 3.17. The molecule has 1 aromatic heterocycles. The molecule has 1 atom stereocenters. The summed E-state index contributed by atoms with van der Waals surface area (Å²) < 4.78 is 1.86. The molecule has 0 saturated heterocycles. The van der Waals surface area contributed by atoms with Gasteiger partial charge in [0.25, 0.3) is 0 Å². The van der Waals surface area contributed by atoms with Crippen molar-refractivity contribution in [2.45, 2.75) is 38.7 Å². The maximum absolute atomic E-state index is 10.6. The first-order valence-corrected chi connectivity index (χ1v) is 7.26. The van der Waals surface area contributed by atoms with Crippen LogP contribution in [0.2, 0.25) is 5.02 Å². The Morgan fingerprint density at radius 2 is 1.90 bits per heavy atom. The number of rotatable bonds is 5. The van der Waals surface area contributed by atoms with Gasteiger partial charge in [0.05, 0.1) is 11.3 Å². The average molecular weight is 293 g/mol. The van der Waals surface area contributed by atoms with Gasteiger partial charge in [-0.1, -0.05) is 30.7 Å². The molecule has 108 valence electrons. The summed E-state index contributed by atoms with van der Waals surface area (Å²) in [5.41, 5.74) is 2.40. The lowest BCUT2D eigenvalue weighted by Gasteiger charge is -2.23. The molecule has 0 aliphatic heterocycles. The molecule has 1 N–H and O–H groups in total. The minimum absolute atomic E-state index is 0.582. The van der Waals surface area contributed by atoms with Gasteiger partial charge >= 0.3 is 0 Å². The summed E-state index contributed by atoms with van der Waals surface area (Å²) in [6, 6.07) is 9.68. The van der Waals surface area contributed by atoms with Gasteiger partial charge in [-0.05, 0) is 37.1 Å². The Bertz CT molecular complexity index is 573. The number of aromatic nitrogens is 2. The molecule has 3 nitrogen and oxygen atoms in total. The zero-order chi connectivity index (χ0) is 14.8. The van der Waals surface area contributed by atoms with Crippen LogP contribution in [0, 0.1) is 0 Å². The van der Waals surface area contributed by atoms with Crippen molar-refractivity contribution < 1.29 is 5.11 Å². The highest BCUT2D eigenvalue weighted by atomic mass is 35.5. The highest BCUT2D eigenvalue weighted by molar-refractivity contribution is 6.30. The Kier molecular flexibility index (Phi) is 4.51. The average Bonchev–Trinajstić information content (AvgIpc) is 2.72. The lowest BCUT2D eigenvalue weighted by molar-refractivity contribution is 0.0589. The number of halogens is 1. The fourth-order valence-corrected chi connectivity index (χ4v) is 2.53. The van der Waals surface area contributed by atoms with E-state index in [0.717, 1.165) is 23.4 Å². The maximum Gasteiger partial charge on any atom is 0.0715 e. The Balaban J connectivity index is 2.09. The van der Waals surface area contributed by atoms with E-state index in [9.17, 15) is 5.11 Å². The summed E-state index contributed by atoms with van der Waals surface area (Å²) in [5, 5.41) is 15.8. The molecule has 0 saturated carbocycles. The molecule has 0 spiro atoms. The highest BCUT2D eigenvalue weighted by Gasteiger charge is 2.23. The first kappa shape index (κ1) is 15.1. The fraction of sp³-hybridized carbons (Fsp3) is 0.438. The quantitative estimate of drug-likeness (QED) is 0.919. The van der Waals surface area contributed by atoms with Gasteiger partial charge in [-0.15, -0.1) is 0 Å². The van der Waals surface area contributed by atoms with E-state index in [0.29, 0.717) is 17.9 Å². The molecule has 1 aromatic carbocycles. The van der Waals surface area contributed by atoms with Crippen molar-refractivity contribution in [1.82, 2.24) is 9.78 Å². The zero-order valence-corrected chi connectivity index (χ0v) is 13.0. The molecular formula is C16H21ClN2O. The van der Waals surface area contributed by atoms with Gasteiger partial charge in [0.2, 0.25) is 0 Å². The summed E-state index contributed by atoms with van der Waals surface area (Å²) in [6.07, 6.45) is 2.09. The van der Waals surface area contributed by atoms with E-state index < -0.39 is 5.60 Å². The predicted molar refractivity (Wildman–Crippen MR) is 82.1 cm³/mol. The summed E-state index contributed by atoms with van der Waals surface area (Å²) >= 11 is 5.88. The van der Waals surface area contributed by atoms with Crippen molar-refractivity contribution >= 4 is 11.6 Å². The Morgan fingerprint density at radius 1 is 1.25 bits per heavy atom. The maximum atomic E-state index is 10.6. The van der Waals surface area contributed by atoms with Crippen LogP contribution in [0.4, 0.5) is 0 Å². The van der Waals surface area contributed by atoms with Crippen LogP contribution in [0.1, 0.15) is 30.8 Å². The Morgan fingerprint density at radius 3 is 2.45 bits per heavy atom. The van der Waals surface area contributed by atoms with Crippen LogP contribution in [0.3, 0.4) is 0 Å². The SMILES string of the molecule is CCc1cc(CC(C)(O)Cc2ccc(Cl)cc2)n(C)n1. The molecule has 20 heavy (non-hydrogen) atoms. The van der Waals surface area contributed by atoms with E-state index in [1.54, 1.807) is 0 Å². The number of hydrogen-bond acceptors (Lipinski definition) is 2. The number of benzene rings is 1. The minimum Gasteiger partial charge on any atom is -0.389 e. The third-order valence-corrected chi connectivity index (χ3v) is 3.70. The largest absolute Gasteiger partial charge is 0.389 e. The summed E-state index contributed by atoms with van der Waals surface area (Å²) in [5.74, 6) is 0. The second-order valence-corrected chi connectivity index (χ2v) is 6.02. The lowest BCUT2D eigenvalue weighted by atomic mass is 9.92. The number of nitrogens with zero attached hydrogens (tertiary/aromatic N) is 2. The molecular weight excluding hydrogens is 272 g/mol. The van der Waals surface area contributed by atoms with Gasteiger partial charge in [-0.25, -0.2) is 0 Å². The highest BCUT2D eigenvalue weighted by Crippen LogP contribution is 2.20.